The van der Waals surface area contributed by atoms with Gasteiger partial charge in [0.25, 0.3) is 0 Å². The average Bonchev–Trinajstić information content (AvgIpc) is 2.71. The molecule has 0 amide bonds. The van der Waals surface area contributed by atoms with Gasteiger partial charge in [-0.1, -0.05) is 12.8 Å². The molecule has 0 radical (unpaired) electrons. The highest BCUT2D eigenvalue weighted by Crippen LogP contribution is 2.27. The van der Waals surface area contributed by atoms with Gasteiger partial charge in [-0.2, -0.15) is 11.3 Å². The Morgan fingerprint density at radius 2 is 2.29 bits per heavy atom. The number of nitrogens with one attached hydrogen (secondary N) is 1. The summed E-state index contributed by atoms with van der Waals surface area (Å²) in [7, 11) is 2.11. The number of hydrogen-bond donors (Lipinski definition) is 1. The summed E-state index contributed by atoms with van der Waals surface area (Å²) < 4.78 is 0. The lowest BCUT2D eigenvalue weighted by Gasteiger charge is -2.31. The van der Waals surface area contributed by atoms with E-state index in [1.54, 1.807) is 0 Å². The molecule has 1 N–H and O–H groups in total. The van der Waals surface area contributed by atoms with Crippen LogP contribution in [0.4, 0.5) is 0 Å². The van der Waals surface area contributed by atoms with Gasteiger partial charge in [-0.15, -0.1) is 0 Å². The number of rotatable bonds is 3. The van der Waals surface area contributed by atoms with Crippen LogP contribution in [0.1, 0.15) is 31.2 Å². The minimum atomic E-state index is 0.753. The smallest absolute Gasteiger partial charge is 0.00955 e. The number of thiophene rings is 1. The van der Waals surface area contributed by atoms with E-state index in [-0.39, 0.29) is 0 Å². The zero-order valence-electron chi connectivity index (χ0n) is 8.83. The molecule has 1 saturated carbocycles. The largest absolute Gasteiger partial charge is 0.317 e. The van der Waals surface area contributed by atoms with Crippen molar-refractivity contribution in [3.05, 3.63) is 22.4 Å². The molecule has 1 aliphatic carbocycles. The first kappa shape index (κ1) is 10.2. The van der Waals surface area contributed by atoms with E-state index in [1.807, 2.05) is 11.3 Å². The third-order valence-electron chi connectivity index (χ3n) is 3.36. The lowest BCUT2D eigenvalue weighted by molar-refractivity contribution is 0.273. The van der Waals surface area contributed by atoms with Gasteiger partial charge in [0, 0.05) is 6.04 Å². The van der Waals surface area contributed by atoms with Crippen LogP contribution in [-0.2, 0) is 6.42 Å². The fraction of sp³-hybridized carbons (Fsp3) is 0.667. The van der Waals surface area contributed by atoms with Gasteiger partial charge in [0.2, 0.25) is 0 Å². The molecule has 1 aromatic heterocycles. The molecule has 1 nitrogen and oxygen atoms in total. The summed E-state index contributed by atoms with van der Waals surface area (Å²) in [5.41, 5.74) is 1.53. The van der Waals surface area contributed by atoms with Crippen molar-refractivity contribution in [2.75, 3.05) is 7.05 Å². The van der Waals surface area contributed by atoms with Crippen molar-refractivity contribution in [1.82, 2.24) is 5.32 Å². The van der Waals surface area contributed by atoms with Crippen LogP contribution in [0.3, 0.4) is 0 Å². The second-order valence-electron chi connectivity index (χ2n) is 4.28. The Kier molecular flexibility index (Phi) is 3.60. The van der Waals surface area contributed by atoms with E-state index in [2.05, 4.69) is 29.2 Å². The van der Waals surface area contributed by atoms with Gasteiger partial charge >= 0.3 is 0 Å². The van der Waals surface area contributed by atoms with Crippen LogP contribution < -0.4 is 5.32 Å². The lowest BCUT2D eigenvalue weighted by Crippen LogP contribution is -2.37. The summed E-state index contributed by atoms with van der Waals surface area (Å²) in [4.78, 5) is 0. The van der Waals surface area contributed by atoms with Crippen LogP contribution in [0.25, 0.3) is 0 Å². The molecule has 2 unspecified atom stereocenters. The van der Waals surface area contributed by atoms with E-state index in [0.717, 1.165) is 12.0 Å². The molecule has 2 rings (SSSR count). The molecule has 2 heteroatoms. The monoisotopic (exact) mass is 209 g/mol. The molecule has 14 heavy (non-hydrogen) atoms. The zero-order valence-corrected chi connectivity index (χ0v) is 9.65. The van der Waals surface area contributed by atoms with Crippen LogP contribution in [-0.4, -0.2) is 13.1 Å². The van der Waals surface area contributed by atoms with Gasteiger partial charge in [0.05, 0.1) is 0 Å². The summed E-state index contributed by atoms with van der Waals surface area (Å²) in [5.74, 6) is 0.864. The quantitative estimate of drug-likeness (QED) is 0.806. The van der Waals surface area contributed by atoms with E-state index in [1.165, 1.54) is 37.7 Å². The Morgan fingerprint density at radius 3 is 3.00 bits per heavy atom. The molecule has 0 aromatic carbocycles. The maximum atomic E-state index is 3.47. The van der Waals surface area contributed by atoms with Gasteiger partial charge in [-0.3, -0.25) is 0 Å². The molecule has 1 aliphatic rings. The van der Waals surface area contributed by atoms with Crippen molar-refractivity contribution in [3.8, 4) is 0 Å². The van der Waals surface area contributed by atoms with Crippen molar-refractivity contribution in [2.45, 2.75) is 38.1 Å². The first-order valence-corrected chi connectivity index (χ1v) is 6.53. The van der Waals surface area contributed by atoms with Gasteiger partial charge < -0.3 is 5.32 Å². The van der Waals surface area contributed by atoms with Crippen LogP contribution in [0, 0.1) is 5.92 Å². The molecule has 78 valence electrons. The number of hydrogen-bond acceptors (Lipinski definition) is 2. The topological polar surface area (TPSA) is 12.0 Å². The third kappa shape index (κ3) is 2.37. The van der Waals surface area contributed by atoms with Crippen molar-refractivity contribution in [2.24, 2.45) is 5.92 Å². The molecule has 2 atom stereocenters. The second-order valence-corrected chi connectivity index (χ2v) is 5.06. The Hall–Kier alpha value is -0.340. The Labute approximate surface area is 90.5 Å². The maximum Gasteiger partial charge on any atom is 0.00955 e. The first-order chi connectivity index (χ1) is 6.90. The summed E-state index contributed by atoms with van der Waals surface area (Å²) in [6.07, 6.45) is 6.88. The first-order valence-electron chi connectivity index (χ1n) is 5.58. The molecule has 0 bridgehead atoms. The SMILES string of the molecule is CNC1CCCCC1Cc1ccsc1. The Balaban J connectivity index is 1.94. The van der Waals surface area contributed by atoms with Crippen LogP contribution in [0.5, 0.6) is 0 Å². The highest BCUT2D eigenvalue weighted by molar-refractivity contribution is 7.07. The standard InChI is InChI=1S/C12H19NS/c1-13-12-5-3-2-4-11(12)8-10-6-7-14-9-10/h6-7,9,11-13H,2-5,8H2,1H3. The van der Waals surface area contributed by atoms with Crippen molar-refractivity contribution < 1.29 is 0 Å². The predicted molar refractivity (Wildman–Crippen MR) is 62.8 cm³/mol. The predicted octanol–water partition coefficient (Wildman–Crippen LogP) is 3.07. The summed E-state index contributed by atoms with van der Waals surface area (Å²) in [6, 6.07) is 3.02. The molecule has 1 aromatic rings. The minimum absolute atomic E-state index is 0.753. The fourth-order valence-electron chi connectivity index (χ4n) is 2.54. The van der Waals surface area contributed by atoms with E-state index < -0.39 is 0 Å². The molecule has 0 spiro atoms. The summed E-state index contributed by atoms with van der Waals surface area (Å²) in [5, 5.41) is 7.95. The highest BCUT2D eigenvalue weighted by Gasteiger charge is 2.23. The van der Waals surface area contributed by atoms with Crippen LogP contribution in [0.2, 0.25) is 0 Å². The Bertz CT molecular complexity index is 255. The van der Waals surface area contributed by atoms with Gasteiger partial charge in [0.1, 0.15) is 0 Å². The Morgan fingerprint density at radius 1 is 1.43 bits per heavy atom. The third-order valence-corrected chi connectivity index (χ3v) is 4.09. The summed E-state index contributed by atoms with van der Waals surface area (Å²) >= 11 is 1.82. The minimum Gasteiger partial charge on any atom is -0.317 e. The molecule has 1 fully saturated rings. The second kappa shape index (κ2) is 4.94. The van der Waals surface area contributed by atoms with Crippen molar-refractivity contribution >= 4 is 11.3 Å². The van der Waals surface area contributed by atoms with Crippen LogP contribution in [0.15, 0.2) is 16.8 Å². The van der Waals surface area contributed by atoms with Gasteiger partial charge in [0.15, 0.2) is 0 Å². The lowest BCUT2D eigenvalue weighted by atomic mass is 9.81. The van der Waals surface area contributed by atoms with Crippen molar-refractivity contribution in [1.29, 1.82) is 0 Å². The maximum absolute atomic E-state index is 3.47. The highest BCUT2D eigenvalue weighted by atomic mass is 32.1. The van der Waals surface area contributed by atoms with E-state index in [9.17, 15) is 0 Å². The molecule has 0 aliphatic heterocycles. The molecular weight excluding hydrogens is 190 g/mol. The van der Waals surface area contributed by atoms with Gasteiger partial charge in [-0.25, -0.2) is 0 Å². The zero-order chi connectivity index (χ0) is 9.80. The van der Waals surface area contributed by atoms with Crippen molar-refractivity contribution in [3.63, 3.8) is 0 Å². The normalized spacial score (nSPS) is 27.8. The van der Waals surface area contributed by atoms with Gasteiger partial charge in [-0.05, 0) is 54.6 Å². The van der Waals surface area contributed by atoms with E-state index in [0.29, 0.717) is 0 Å². The van der Waals surface area contributed by atoms with Crippen LogP contribution >= 0.6 is 11.3 Å². The van der Waals surface area contributed by atoms with E-state index in [4.69, 9.17) is 0 Å². The summed E-state index contributed by atoms with van der Waals surface area (Å²) in [6.45, 7) is 0. The molecule has 0 saturated heterocycles. The molecule has 1 heterocycles. The average molecular weight is 209 g/mol. The van der Waals surface area contributed by atoms with E-state index >= 15 is 0 Å². The molecular formula is C12H19NS. The fourth-order valence-corrected chi connectivity index (χ4v) is 3.23.